The van der Waals surface area contributed by atoms with Crippen molar-refractivity contribution < 1.29 is 26.2 Å². The monoisotopic (exact) mass is 588 g/mol. The van der Waals surface area contributed by atoms with Crippen molar-refractivity contribution in [3.05, 3.63) is 23.0 Å². The number of ether oxygens (including phenoxy) is 1. The lowest BCUT2D eigenvalue weighted by atomic mass is 9.89. The van der Waals surface area contributed by atoms with E-state index in [0.29, 0.717) is 0 Å². The number of rotatable bonds is 9. The van der Waals surface area contributed by atoms with Crippen LogP contribution < -0.4 is 5.73 Å². The Hall–Kier alpha value is -1.10. The molecular weight excluding hydrogens is 541 g/mol. The molecule has 0 saturated carbocycles. The molecule has 1 saturated heterocycles. The van der Waals surface area contributed by atoms with E-state index in [2.05, 4.69) is 85.0 Å². The van der Waals surface area contributed by atoms with Crippen molar-refractivity contribution in [1.82, 2.24) is 15.0 Å². The van der Waals surface area contributed by atoms with E-state index in [1.807, 2.05) is 0 Å². The first-order chi connectivity index (χ1) is 17.2. The molecule has 10 nitrogen and oxygen atoms in total. The van der Waals surface area contributed by atoms with Crippen LogP contribution in [0.5, 0.6) is 0 Å². The molecule has 38 heavy (non-hydrogen) atoms. The predicted molar refractivity (Wildman–Crippen MR) is 153 cm³/mol. The maximum atomic E-state index is 12.9. The molecule has 1 spiro atoms. The van der Waals surface area contributed by atoms with Gasteiger partial charge < -0.3 is 19.3 Å². The summed E-state index contributed by atoms with van der Waals surface area (Å²) < 4.78 is 53.5. The van der Waals surface area contributed by atoms with Crippen LogP contribution in [0.3, 0.4) is 0 Å². The Morgan fingerprint density at radius 2 is 1.71 bits per heavy atom. The lowest BCUT2D eigenvalue weighted by Gasteiger charge is -2.43. The van der Waals surface area contributed by atoms with Gasteiger partial charge in [-0.3, -0.25) is 0 Å². The minimum Gasteiger partial charge on any atom is -0.414 e. The summed E-state index contributed by atoms with van der Waals surface area (Å²) in [5, 5.41) is 9.30. The molecule has 1 fully saturated rings. The molecule has 0 aliphatic carbocycles. The van der Waals surface area contributed by atoms with Crippen molar-refractivity contribution in [1.29, 1.82) is 0 Å². The van der Waals surface area contributed by atoms with Gasteiger partial charge in [0.25, 0.3) is 10.1 Å². The molecule has 0 aromatic carbocycles. The highest BCUT2D eigenvalue weighted by molar-refractivity contribution is 7.90. The fraction of sp³-hybridized carbons (Fsp3) is 0.840. The van der Waals surface area contributed by atoms with Gasteiger partial charge in [-0.25, -0.2) is 8.86 Å². The first-order valence-electron chi connectivity index (χ1n) is 13.5. The van der Waals surface area contributed by atoms with Crippen molar-refractivity contribution in [2.24, 2.45) is 5.73 Å². The number of hydrogen-bond donors (Lipinski definition) is 1. The molecule has 4 atom stereocenters. The number of unbranched alkanes of at least 4 members (excludes halogenated alkanes) is 1. The quantitative estimate of drug-likeness (QED) is 0.319. The van der Waals surface area contributed by atoms with Crippen molar-refractivity contribution >= 4 is 26.8 Å². The van der Waals surface area contributed by atoms with Crippen LogP contribution in [0.2, 0.25) is 36.3 Å². The van der Waals surface area contributed by atoms with Gasteiger partial charge in [-0.2, -0.15) is 8.42 Å². The highest BCUT2D eigenvalue weighted by Crippen LogP contribution is 2.52. The third-order valence-electron chi connectivity index (χ3n) is 8.75. The Balaban J connectivity index is 2.16. The second kappa shape index (κ2) is 10.4. The Morgan fingerprint density at radius 3 is 2.21 bits per heavy atom. The van der Waals surface area contributed by atoms with E-state index in [1.165, 1.54) is 0 Å². The highest BCUT2D eigenvalue weighted by Gasteiger charge is 2.67. The number of hydrogen-bond acceptors (Lipinski definition) is 9. The van der Waals surface area contributed by atoms with Crippen LogP contribution in [-0.4, -0.2) is 64.5 Å². The van der Waals surface area contributed by atoms with Gasteiger partial charge in [-0.1, -0.05) is 60.1 Å². The van der Waals surface area contributed by atoms with Crippen LogP contribution in [0.1, 0.15) is 73.2 Å². The second-order valence-corrected chi connectivity index (χ2v) is 24.6. The molecule has 1 aromatic heterocycles. The molecule has 2 N–H and O–H groups in total. The van der Waals surface area contributed by atoms with E-state index in [1.54, 1.807) is 10.9 Å². The minimum absolute atomic E-state index is 0.0571. The van der Waals surface area contributed by atoms with E-state index in [-0.39, 0.29) is 22.4 Å². The maximum absolute atomic E-state index is 12.9. The zero-order chi connectivity index (χ0) is 28.9. The van der Waals surface area contributed by atoms with Gasteiger partial charge >= 0.3 is 0 Å². The van der Waals surface area contributed by atoms with Gasteiger partial charge in [0.1, 0.15) is 12.2 Å². The largest absolute Gasteiger partial charge is 0.414 e. The van der Waals surface area contributed by atoms with Crippen molar-refractivity contribution in [3.8, 4) is 0 Å². The maximum Gasteiger partial charge on any atom is 0.292 e. The molecular formula is C25H48N4O6SSi2. The summed E-state index contributed by atoms with van der Waals surface area (Å²) in [5.74, 6) is 0. The van der Waals surface area contributed by atoms with E-state index < -0.39 is 50.8 Å². The Morgan fingerprint density at radius 1 is 1.11 bits per heavy atom. The zero-order valence-electron chi connectivity index (χ0n) is 25.0. The molecule has 0 radical (unpaired) electrons. The molecule has 2 aliphatic heterocycles. The SMILES string of the molecule is CCCCc1cnnn1[C@@H]1O[C@H](CO[Si](C)(C)C(C)(C)C)[C@@]2(OS(=O)(=O)C=C2N)[C@H]1O[Si](C)(C)C(C)(C)C. The van der Waals surface area contributed by atoms with Gasteiger partial charge in [0.15, 0.2) is 28.5 Å². The molecule has 218 valence electrons. The van der Waals surface area contributed by atoms with Crippen molar-refractivity contribution in [3.63, 3.8) is 0 Å². The Kier molecular flexibility index (Phi) is 8.59. The van der Waals surface area contributed by atoms with Gasteiger partial charge in [0.05, 0.1) is 29.6 Å². The zero-order valence-corrected chi connectivity index (χ0v) is 27.8. The van der Waals surface area contributed by atoms with Crippen molar-refractivity contribution in [2.45, 2.75) is 128 Å². The van der Waals surface area contributed by atoms with Crippen LogP contribution in [0.15, 0.2) is 17.3 Å². The summed E-state index contributed by atoms with van der Waals surface area (Å²) in [6.07, 6.45) is 1.90. The Bertz CT molecular complexity index is 1140. The topological polar surface area (TPSA) is 128 Å². The number of aryl methyl sites for hydroxylation is 1. The molecule has 2 aliphatic rings. The third kappa shape index (κ3) is 5.84. The lowest BCUT2D eigenvalue weighted by Crippen LogP contribution is -2.59. The molecule has 0 bridgehead atoms. The molecule has 0 amide bonds. The summed E-state index contributed by atoms with van der Waals surface area (Å²) in [5.41, 5.74) is 5.89. The summed E-state index contributed by atoms with van der Waals surface area (Å²) in [6, 6.07) is 0. The number of aromatic nitrogens is 3. The van der Waals surface area contributed by atoms with Gasteiger partial charge in [0.2, 0.25) is 0 Å². The Labute approximate surface area is 231 Å². The molecule has 1 aromatic rings. The summed E-state index contributed by atoms with van der Waals surface area (Å²) in [6.45, 7) is 23.6. The minimum atomic E-state index is -4.06. The van der Waals surface area contributed by atoms with E-state index in [4.69, 9.17) is 23.5 Å². The van der Waals surface area contributed by atoms with Crippen LogP contribution in [-0.2, 0) is 34.3 Å². The molecule has 13 heteroatoms. The van der Waals surface area contributed by atoms with E-state index in [0.717, 1.165) is 30.4 Å². The highest BCUT2D eigenvalue weighted by atomic mass is 32.2. The number of nitrogens with two attached hydrogens (primary N) is 1. The first-order valence-corrected chi connectivity index (χ1v) is 20.8. The predicted octanol–water partition coefficient (Wildman–Crippen LogP) is 4.83. The van der Waals surface area contributed by atoms with Crippen molar-refractivity contribution in [2.75, 3.05) is 6.61 Å². The molecule has 3 rings (SSSR count). The lowest BCUT2D eigenvalue weighted by molar-refractivity contribution is -0.0605. The second-order valence-electron chi connectivity index (χ2n) is 13.6. The normalized spacial score (nSPS) is 28.3. The fourth-order valence-electron chi connectivity index (χ4n) is 4.20. The summed E-state index contributed by atoms with van der Waals surface area (Å²) in [7, 11) is -8.78. The van der Waals surface area contributed by atoms with Gasteiger partial charge in [-0.15, -0.1) is 5.10 Å². The standard InChI is InChI=1S/C25H48N4O6SSi2/c1-12-13-14-18-15-27-28-29(18)22-21(34-38(10,11)24(5,6)7)25(19(26)17-36(30,31)35-25)20(33-22)16-32-37(8,9)23(2,3)4/h15,17,20-22H,12-14,16,26H2,1-11H3/t20-,21+,22-,25-/m1/s1. The van der Waals surface area contributed by atoms with Crippen LogP contribution in [0.4, 0.5) is 0 Å². The summed E-state index contributed by atoms with van der Waals surface area (Å²) in [4.78, 5) is 0. The van der Waals surface area contributed by atoms with Crippen LogP contribution >= 0.6 is 0 Å². The molecule has 0 unspecified atom stereocenters. The van der Waals surface area contributed by atoms with Crippen LogP contribution in [0, 0.1) is 0 Å². The third-order valence-corrected chi connectivity index (χ3v) is 18.8. The van der Waals surface area contributed by atoms with Gasteiger partial charge in [0, 0.05) is 0 Å². The van der Waals surface area contributed by atoms with E-state index in [9.17, 15) is 8.42 Å². The summed E-state index contributed by atoms with van der Waals surface area (Å²) >= 11 is 0. The average molecular weight is 589 g/mol. The average Bonchev–Trinajstić information content (AvgIpc) is 3.38. The first kappa shape index (κ1) is 31.4. The van der Waals surface area contributed by atoms with E-state index >= 15 is 0 Å². The molecule has 3 heterocycles. The fourth-order valence-corrected chi connectivity index (χ4v) is 7.71. The van der Waals surface area contributed by atoms with Gasteiger partial charge in [-0.05, 0) is 49.1 Å². The number of nitrogens with zero attached hydrogens (tertiary/aromatic N) is 3. The van der Waals surface area contributed by atoms with Crippen LogP contribution in [0.25, 0.3) is 0 Å². The smallest absolute Gasteiger partial charge is 0.292 e.